The van der Waals surface area contributed by atoms with Crippen molar-refractivity contribution < 1.29 is 15.0 Å². The van der Waals surface area contributed by atoms with Gasteiger partial charge in [-0.25, -0.2) is 0 Å². The Morgan fingerprint density at radius 3 is 2.38 bits per heavy atom. The first-order chi connectivity index (χ1) is 7.38. The second-order valence-electron chi connectivity index (χ2n) is 4.62. The molecule has 1 aromatic rings. The Morgan fingerprint density at radius 1 is 1.50 bits per heavy atom. The minimum atomic E-state index is -0.929. The normalized spacial score (nSPS) is 28.9. The summed E-state index contributed by atoms with van der Waals surface area (Å²) >= 11 is 0. The van der Waals surface area contributed by atoms with Crippen LogP contribution in [0.4, 0.5) is 0 Å². The van der Waals surface area contributed by atoms with Crippen molar-refractivity contribution in [2.75, 3.05) is 0 Å². The number of carboxylic acid groups (broad SMARTS) is 1. The highest BCUT2D eigenvalue weighted by atomic mass is 16.4. The maximum Gasteiger partial charge on any atom is 0.314 e. The van der Waals surface area contributed by atoms with Gasteiger partial charge in [-0.1, -0.05) is 0 Å². The van der Waals surface area contributed by atoms with Gasteiger partial charge in [0.05, 0.1) is 11.8 Å². The predicted octanol–water partition coefficient (Wildman–Crippen LogP) is 0.514. The summed E-state index contributed by atoms with van der Waals surface area (Å²) in [7, 11) is 1.80. The minimum Gasteiger partial charge on any atom is -0.481 e. The van der Waals surface area contributed by atoms with Crippen molar-refractivity contribution in [2.45, 2.75) is 38.2 Å². The molecular formula is C11H16N2O3. The third-order valence-electron chi connectivity index (χ3n) is 3.57. The molecule has 1 aliphatic carbocycles. The van der Waals surface area contributed by atoms with Crippen molar-refractivity contribution in [3.63, 3.8) is 0 Å². The summed E-state index contributed by atoms with van der Waals surface area (Å²) in [6.07, 6.45) is 0.0703. The zero-order valence-corrected chi connectivity index (χ0v) is 9.69. The Hall–Kier alpha value is -1.36. The van der Waals surface area contributed by atoms with Crippen LogP contribution in [0.3, 0.4) is 0 Å². The van der Waals surface area contributed by atoms with Gasteiger partial charge in [0.15, 0.2) is 0 Å². The molecular weight excluding hydrogens is 208 g/mol. The number of aryl methyl sites for hydroxylation is 2. The highest BCUT2D eigenvalue weighted by molar-refractivity contribution is 5.83. The molecule has 5 nitrogen and oxygen atoms in total. The number of aliphatic hydroxyl groups is 1. The molecule has 2 rings (SSSR count). The molecule has 1 saturated carbocycles. The third kappa shape index (κ3) is 1.28. The maximum absolute atomic E-state index is 11.4. The van der Waals surface area contributed by atoms with E-state index in [1.54, 1.807) is 11.7 Å². The molecule has 5 heteroatoms. The van der Waals surface area contributed by atoms with E-state index in [0.717, 1.165) is 17.0 Å². The molecule has 0 atom stereocenters. The molecule has 2 N–H and O–H groups in total. The number of carboxylic acids is 1. The van der Waals surface area contributed by atoms with Gasteiger partial charge in [-0.2, -0.15) is 5.10 Å². The molecule has 0 unspecified atom stereocenters. The zero-order chi connectivity index (χ0) is 12.1. The number of aromatic nitrogens is 2. The highest BCUT2D eigenvalue weighted by Crippen LogP contribution is 2.46. The van der Waals surface area contributed by atoms with Crippen molar-refractivity contribution in [3.05, 3.63) is 17.0 Å². The van der Waals surface area contributed by atoms with Gasteiger partial charge >= 0.3 is 5.97 Å². The van der Waals surface area contributed by atoms with Crippen LogP contribution in [0.15, 0.2) is 0 Å². The van der Waals surface area contributed by atoms with E-state index in [1.165, 1.54) is 0 Å². The van der Waals surface area contributed by atoms with Gasteiger partial charge in [0.1, 0.15) is 5.41 Å². The molecule has 0 aromatic carbocycles. The van der Waals surface area contributed by atoms with E-state index in [9.17, 15) is 15.0 Å². The molecule has 1 aliphatic rings. The Balaban J connectivity index is 2.53. The SMILES string of the molecule is Cc1nn(C)c(C)c1C1(C(=O)O)CC(O)C1. The van der Waals surface area contributed by atoms with Gasteiger partial charge in [-0.3, -0.25) is 9.48 Å². The average Bonchev–Trinajstić information content (AvgIpc) is 2.36. The Labute approximate surface area is 93.7 Å². The summed E-state index contributed by atoms with van der Waals surface area (Å²) in [5, 5.41) is 23.0. The number of aliphatic hydroxyl groups excluding tert-OH is 1. The summed E-state index contributed by atoms with van der Waals surface area (Å²) in [5.74, 6) is -0.864. The lowest BCUT2D eigenvalue weighted by atomic mass is 9.62. The third-order valence-corrected chi connectivity index (χ3v) is 3.57. The molecule has 88 valence electrons. The number of hydrogen-bond acceptors (Lipinski definition) is 3. The van der Waals surface area contributed by atoms with Crippen molar-refractivity contribution >= 4 is 5.97 Å². The molecule has 1 heterocycles. The molecule has 0 radical (unpaired) electrons. The van der Waals surface area contributed by atoms with Crippen molar-refractivity contribution in [3.8, 4) is 0 Å². The van der Waals surface area contributed by atoms with Gasteiger partial charge in [0, 0.05) is 18.3 Å². The van der Waals surface area contributed by atoms with Gasteiger partial charge in [0.2, 0.25) is 0 Å². The molecule has 0 amide bonds. The molecule has 1 aromatic heterocycles. The standard InChI is InChI=1S/C11H16N2O3/c1-6-9(7(2)13(3)12-6)11(10(15)16)4-8(14)5-11/h8,14H,4-5H2,1-3H3,(H,15,16). The van der Waals surface area contributed by atoms with E-state index in [-0.39, 0.29) is 12.8 Å². The van der Waals surface area contributed by atoms with Crippen LogP contribution in [-0.4, -0.2) is 32.1 Å². The van der Waals surface area contributed by atoms with E-state index in [0.29, 0.717) is 0 Å². The summed E-state index contributed by atoms with van der Waals surface area (Å²) in [6, 6.07) is 0. The van der Waals surface area contributed by atoms with Crippen LogP contribution in [0, 0.1) is 13.8 Å². The molecule has 1 fully saturated rings. The average molecular weight is 224 g/mol. The molecule has 0 aliphatic heterocycles. The van der Waals surface area contributed by atoms with Crippen LogP contribution in [-0.2, 0) is 17.3 Å². The first-order valence-corrected chi connectivity index (χ1v) is 5.30. The fourth-order valence-electron chi connectivity index (χ4n) is 2.70. The van der Waals surface area contributed by atoms with E-state index >= 15 is 0 Å². The summed E-state index contributed by atoms with van der Waals surface area (Å²) in [6.45, 7) is 3.68. The molecule has 16 heavy (non-hydrogen) atoms. The largest absolute Gasteiger partial charge is 0.481 e. The lowest BCUT2D eigenvalue weighted by Crippen LogP contribution is -2.51. The quantitative estimate of drug-likeness (QED) is 0.767. The Kier molecular flexibility index (Phi) is 2.31. The van der Waals surface area contributed by atoms with Crippen molar-refractivity contribution in [2.24, 2.45) is 7.05 Å². The zero-order valence-electron chi connectivity index (χ0n) is 9.69. The van der Waals surface area contributed by atoms with Gasteiger partial charge in [-0.15, -0.1) is 0 Å². The summed E-state index contributed by atoms with van der Waals surface area (Å²) < 4.78 is 1.69. The Morgan fingerprint density at radius 2 is 2.06 bits per heavy atom. The molecule has 0 spiro atoms. The number of aliphatic carboxylic acids is 1. The van der Waals surface area contributed by atoms with E-state index in [2.05, 4.69) is 5.10 Å². The van der Waals surface area contributed by atoms with Crippen LogP contribution >= 0.6 is 0 Å². The van der Waals surface area contributed by atoms with Crippen molar-refractivity contribution in [1.82, 2.24) is 9.78 Å². The number of hydrogen-bond donors (Lipinski definition) is 2. The predicted molar refractivity (Wildman–Crippen MR) is 57.2 cm³/mol. The van der Waals surface area contributed by atoms with Crippen molar-refractivity contribution in [1.29, 1.82) is 0 Å². The topological polar surface area (TPSA) is 75.4 Å². The number of nitrogens with zero attached hydrogens (tertiary/aromatic N) is 2. The summed E-state index contributed by atoms with van der Waals surface area (Å²) in [4.78, 5) is 11.4. The van der Waals surface area contributed by atoms with E-state index in [1.807, 2.05) is 13.8 Å². The minimum absolute atomic E-state index is 0.287. The van der Waals surface area contributed by atoms with Crippen LogP contribution < -0.4 is 0 Å². The number of carbonyl (C=O) groups is 1. The molecule has 0 saturated heterocycles. The second-order valence-corrected chi connectivity index (χ2v) is 4.62. The fraction of sp³-hybridized carbons (Fsp3) is 0.636. The Bertz CT molecular complexity index is 444. The fourth-order valence-corrected chi connectivity index (χ4v) is 2.70. The highest BCUT2D eigenvalue weighted by Gasteiger charge is 2.53. The summed E-state index contributed by atoms with van der Waals surface area (Å²) in [5.41, 5.74) is 1.45. The first-order valence-electron chi connectivity index (χ1n) is 5.30. The van der Waals surface area contributed by atoms with Gasteiger partial charge < -0.3 is 10.2 Å². The van der Waals surface area contributed by atoms with Crippen LogP contribution in [0.5, 0.6) is 0 Å². The van der Waals surface area contributed by atoms with Crippen LogP contribution in [0.1, 0.15) is 29.8 Å². The monoisotopic (exact) mass is 224 g/mol. The number of rotatable bonds is 2. The van der Waals surface area contributed by atoms with Gasteiger partial charge in [0.25, 0.3) is 0 Å². The second kappa shape index (κ2) is 3.31. The van der Waals surface area contributed by atoms with E-state index < -0.39 is 17.5 Å². The first kappa shape index (κ1) is 11.1. The van der Waals surface area contributed by atoms with E-state index in [4.69, 9.17) is 0 Å². The van der Waals surface area contributed by atoms with Crippen LogP contribution in [0.2, 0.25) is 0 Å². The lowest BCUT2D eigenvalue weighted by molar-refractivity contribution is -0.153. The lowest BCUT2D eigenvalue weighted by Gasteiger charge is -2.42. The smallest absolute Gasteiger partial charge is 0.314 e. The van der Waals surface area contributed by atoms with Gasteiger partial charge in [-0.05, 0) is 26.7 Å². The maximum atomic E-state index is 11.4. The molecule has 0 bridgehead atoms. The van der Waals surface area contributed by atoms with Crippen LogP contribution in [0.25, 0.3) is 0 Å².